The van der Waals surface area contributed by atoms with E-state index in [0.717, 1.165) is 60.0 Å². The van der Waals surface area contributed by atoms with Crippen molar-refractivity contribution in [2.24, 2.45) is 5.92 Å². The van der Waals surface area contributed by atoms with Crippen LogP contribution in [0.2, 0.25) is 0 Å². The minimum atomic E-state index is -4.23. The first kappa shape index (κ1) is 35.2. The Kier molecular flexibility index (Phi) is 10.9. The topological polar surface area (TPSA) is 160 Å². The van der Waals surface area contributed by atoms with E-state index in [0.29, 0.717) is 30.8 Å². The Hall–Kier alpha value is -4.62. The monoisotopic (exact) mass is 699 g/mol. The number of sulfonamides is 1. The molecule has 0 aliphatic heterocycles. The summed E-state index contributed by atoms with van der Waals surface area (Å²) in [6.07, 6.45) is 12.9. The summed E-state index contributed by atoms with van der Waals surface area (Å²) in [5.74, 6) is 0.0841. The predicted molar refractivity (Wildman–Crippen MR) is 192 cm³/mol. The van der Waals surface area contributed by atoms with Gasteiger partial charge in [0, 0.05) is 43.5 Å². The molecule has 0 spiro atoms. The number of carbonyl (C=O) groups is 1. The van der Waals surface area contributed by atoms with E-state index >= 15 is 0 Å². The molecule has 2 aliphatic carbocycles. The van der Waals surface area contributed by atoms with E-state index in [2.05, 4.69) is 36.9 Å². The van der Waals surface area contributed by atoms with Crippen LogP contribution in [-0.4, -0.2) is 65.2 Å². The molecule has 12 nitrogen and oxygen atoms in total. The van der Waals surface area contributed by atoms with Crippen LogP contribution in [0.1, 0.15) is 78.5 Å². The molecular formula is C37H45N7O5S. The van der Waals surface area contributed by atoms with E-state index < -0.39 is 16.0 Å². The molecule has 2 heterocycles. The molecule has 6 rings (SSSR count). The fourth-order valence-corrected chi connectivity index (χ4v) is 7.78. The van der Waals surface area contributed by atoms with E-state index in [1.807, 2.05) is 38.2 Å². The summed E-state index contributed by atoms with van der Waals surface area (Å²) in [6, 6.07) is 13.3. The molecule has 2 aromatic carbocycles. The highest BCUT2D eigenvalue weighted by Crippen LogP contribution is 2.31. The average molecular weight is 700 g/mol. The number of hydrogen-bond acceptors (Lipinski definition) is 10. The maximum absolute atomic E-state index is 13.4. The van der Waals surface area contributed by atoms with Crippen molar-refractivity contribution in [2.75, 3.05) is 23.3 Å². The van der Waals surface area contributed by atoms with E-state index in [-0.39, 0.29) is 28.3 Å². The smallest absolute Gasteiger partial charge is 0.335 e. The van der Waals surface area contributed by atoms with E-state index in [9.17, 15) is 18.3 Å². The van der Waals surface area contributed by atoms with Crippen molar-refractivity contribution in [3.63, 3.8) is 0 Å². The van der Waals surface area contributed by atoms with Crippen molar-refractivity contribution < 1.29 is 23.1 Å². The number of rotatable bonds is 14. The summed E-state index contributed by atoms with van der Waals surface area (Å²) in [4.78, 5) is 32.0. The van der Waals surface area contributed by atoms with Gasteiger partial charge in [0.2, 0.25) is 11.8 Å². The van der Waals surface area contributed by atoms with E-state index in [1.165, 1.54) is 43.9 Å². The second-order valence-corrected chi connectivity index (χ2v) is 15.1. The van der Waals surface area contributed by atoms with Crippen molar-refractivity contribution in [3.8, 4) is 17.1 Å². The number of nitrogens with zero attached hydrogens (tertiary/aromatic N) is 5. The summed E-state index contributed by atoms with van der Waals surface area (Å²) in [6.45, 7) is 4.77. The second kappa shape index (κ2) is 15.5. The van der Waals surface area contributed by atoms with Crippen LogP contribution in [0, 0.1) is 19.8 Å². The lowest BCUT2D eigenvalue weighted by Gasteiger charge is -2.35. The molecule has 0 bridgehead atoms. The molecular weight excluding hydrogens is 655 g/mol. The molecule has 2 aromatic heterocycles. The Morgan fingerprint density at radius 3 is 2.40 bits per heavy atom. The maximum atomic E-state index is 13.4. The Morgan fingerprint density at radius 1 is 0.960 bits per heavy atom. The first-order valence-corrected chi connectivity index (χ1v) is 18.8. The zero-order valence-corrected chi connectivity index (χ0v) is 29.6. The number of hydrogen-bond donors (Lipinski definition) is 3. The first-order chi connectivity index (χ1) is 24.1. The van der Waals surface area contributed by atoms with Crippen molar-refractivity contribution in [3.05, 3.63) is 83.3 Å². The van der Waals surface area contributed by atoms with Crippen LogP contribution in [0.4, 0.5) is 11.8 Å². The highest BCUT2D eigenvalue weighted by Gasteiger charge is 2.27. The molecule has 1 unspecified atom stereocenters. The highest BCUT2D eigenvalue weighted by molar-refractivity contribution is 7.92. The number of anilines is 2. The molecule has 2 fully saturated rings. The molecule has 50 heavy (non-hydrogen) atoms. The number of carboxylic acid groups (broad SMARTS) is 1. The molecule has 0 amide bonds. The van der Waals surface area contributed by atoms with Gasteiger partial charge in [0.15, 0.2) is 0 Å². The summed E-state index contributed by atoms with van der Waals surface area (Å²) in [5, 5.41) is 13.1. The van der Waals surface area contributed by atoms with Crippen molar-refractivity contribution in [1.82, 2.24) is 25.3 Å². The van der Waals surface area contributed by atoms with Crippen LogP contribution in [0.3, 0.4) is 0 Å². The van der Waals surface area contributed by atoms with Crippen molar-refractivity contribution >= 4 is 27.8 Å². The minimum Gasteiger partial charge on any atom is -0.478 e. The lowest BCUT2D eigenvalue weighted by Crippen LogP contribution is -2.42. The lowest BCUT2D eigenvalue weighted by molar-refractivity contribution is 0.0696. The second-order valence-electron chi connectivity index (χ2n) is 13.4. The molecule has 0 saturated heterocycles. The number of aromatic carboxylic acids is 1. The largest absolute Gasteiger partial charge is 0.478 e. The third kappa shape index (κ3) is 8.39. The van der Waals surface area contributed by atoms with E-state index in [1.54, 1.807) is 12.3 Å². The molecule has 2 saturated carbocycles. The SMILES string of the molecule is Cc1cccc(C)c1-c1cc(OCC(NCc2cncc(N(C)C3CCC3)n2)C2CCCCC2)nc(NS(=O)(=O)c2cccc(C(=O)O)c2)n1. The van der Waals surface area contributed by atoms with Gasteiger partial charge in [0.25, 0.3) is 10.0 Å². The van der Waals surface area contributed by atoms with Gasteiger partial charge in [-0.15, -0.1) is 0 Å². The predicted octanol–water partition coefficient (Wildman–Crippen LogP) is 6.16. The Bertz CT molecular complexity index is 1910. The third-order valence-corrected chi connectivity index (χ3v) is 11.2. The van der Waals surface area contributed by atoms with Gasteiger partial charge >= 0.3 is 5.97 Å². The van der Waals surface area contributed by atoms with Crippen LogP contribution in [0.5, 0.6) is 5.88 Å². The van der Waals surface area contributed by atoms with Gasteiger partial charge in [-0.25, -0.2) is 27.9 Å². The van der Waals surface area contributed by atoms with Gasteiger partial charge in [-0.3, -0.25) is 4.98 Å². The number of ether oxygens (including phenoxy) is 1. The van der Waals surface area contributed by atoms with E-state index in [4.69, 9.17) is 9.72 Å². The molecule has 4 aromatic rings. The van der Waals surface area contributed by atoms with Gasteiger partial charge in [-0.1, -0.05) is 43.5 Å². The fraction of sp³-hybridized carbons (Fsp3) is 0.432. The van der Waals surface area contributed by atoms with Crippen LogP contribution in [0.15, 0.2) is 65.8 Å². The summed E-state index contributed by atoms with van der Waals surface area (Å²) in [5.41, 5.74) is 3.99. The van der Waals surface area contributed by atoms with Crippen molar-refractivity contribution in [2.45, 2.75) is 88.7 Å². The Morgan fingerprint density at radius 2 is 1.70 bits per heavy atom. The average Bonchev–Trinajstić information content (AvgIpc) is 3.08. The first-order valence-electron chi connectivity index (χ1n) is 17.3. The van der Waals surface area contributed by atoms with Crippen LogP contribution < -0.4 is 19.7 Å². The quantitative estimate of drug-likeness (QED) is 0.138. The number of aryl methyl sites for hydroxylation is 2. The number of nitrogens with one attached hydrogen (secondary N) is 2. The van der Waals surface area contributed by atoms with Crippen LogP contribution in [-0.2, 0) is 16.6 Å². The molecule has 13 heteroatoms. The molecule has 1 atom stereocenters. The van der Waals surface area contributed by atoms with Crippen molar-refractivity contribution in [1.29, 1.82) is 0 Å². The fourth-order valence-electron chi connectivity index (χ4n) is 6.79. The van der Waals surface area contributed by atoms with Crippen LogP contribution >= 0.6 is 0 Å². The minimum absolute atomic E-state index is 0.0115. The van der Waals surface area contributed by atoms with Gasteiger partial charge in [0.05, 0.1) is 28.0 Å². The maximum Gasteiger partial charge on any atom is 0.335 e. The van der Waals surface area contributed by atoms with Gasteiger partial charge in [-0.2, -0.15) is 4.98 Å². The molecule has 3 N–H and O–H groups in total. The standard InChI is InChI=1S/C37H45N7O5S/c1-24-10-7-11-25(2)35(24)31-19-34(42-37(41-31)43-50(47,48)30-17-8-14-27(18-30)36(45)46)49-23-32(26-12-5-4-6-13-26)39-21-28-20-38-22-33(40-28)44(3)29-15-9-16-29/h7-8,10-11,14,17-20,22,26,29,32,39H,4-6,9,12-13,15-16,21,23H2,1-3H3,(H,45,46)(H,41,42,43). The van der Waals surface area contributed by atoms with Gasteiger partial charge in [-0.05, 0) is 81.2 Å². The Labute approximate surface area is 293 Å². The third-order valence-electron chi connectivity index (χ3n) is 9.89. The lowest BCUT2D eigenvalue weighted by atomic mass is 9.84. The number of carboxylic acids is 1. The van der Waals surface area contributed by atoms with Gasteiger partial charge in [0.1, 0.15) is 12.4 Å². The zero-order chi connectivity index (χ0) is 35.3. The number of benzene rings is 2. The Balaban J connectivity index is 1.26. The molecule has 264 valence electrons. The number of aromatic nitrogens is 4. The molecule has 2 aliphatic rings. The zero-order valence-electron chi connectivity index (χ0n) is 28.8. The molecule has 0 radical (unpaired) electrons. The van der Waals surface area contributed by atoms with Gasteiger partial charge < -0.3 is 20.1 Å². The summed E-state index contributed by atoms with van der Waals surface area (Å²) < 4.78 is 35.7. The normalized spacial score (nSPS) is 16.0. The summed E-state index contributed by atoms with van der Waals surface area (Å²) >= 11 is 0. The van der Waals surface area contributed by atoms with Crippen LogP contribution in [0.25, 0.3) is 11.3 Å². The highest BCUT2D eigenvalue weighted by atomic mass is 32.2. The summed E-state index contributed by atoms with van der Waals surface area (Å²) in [7, 11) is -2.15.